The summed E-state index contributed by atoms with van der Waals surface area (Å²) in [5.41, 5.74) is 1.55. The van der Waals surface area contributed by atoms with E-state index in [2.05, 4.69) is 11.4 Å². The predicted octanol–water partition coefficient (Wildman–Crippen LogP) is 3.06. The Morgan fingerprint density at radius 2 is 1.89 bits per heavy atom. The Hall–Kier alpha value is -3.33. The van der Waals surface area contributed by atoms with E-state index < -0.39 is 0 Å². The first kappa shape index (κ1) is 18.5. The molecule has 1 aliphatic heterocycles. The number of rotatable bonds is 4. The zero-order valence-corrected chi connectivity index (χ0v) is 15.1. The molecule has 1 fully saturated rings. The minimum absolute atomic E-state index is 0.0532. The number of piperidine rings is 1. The number of nitriles is 1. The Morgan fingerprint density at radius 3 is 2.59 bits per heavy atom. The van der Waals surface area contributed by atoms with Gasteiger partial charge in [-0.25, -0.2) is 0 Å². The first-order chi connectivity index (χ1) is 13.1. The second-order valence-corrected chi connectivity index (χ2v) is 6.45. The first-order valence-corrected chi connectivity index (χ1v) is 8.85. The fourth-order valence-corrected chi connectivity index (χ4v) is 3.21. The van der Waals surface area contributed by atoms with E-state index in [1.165, 1.54) is 0 Å². The Morgan fingerprint density at radius 1 is 1.15 bits per heavy atom. The molecule has 27 heavy (non-hydrogen) atoms. The van der Waals surface area contributed by atoms with Crippen LogP contribution in [0.2, 0.25) is 0 Å². The minimum Gasteiger partial charge on any atom is -0.497 e. The van der Waals surface area contributed by atoms with E-state index in [0.29, 0.717) is 48.5 Å². The molecule has 2 amide bonds. The summed E-state index contributed by atoms with van der Waals surface area (Å²) in [5, 5.41) is 12.0. The van der Waals surface area contributed by atoms with E-state index >= 15 is 0 Å². The Labute approximate surface area is 158 Å². The molecule has 0 saturated carbocycles. The van der Waals surface area contributed by atoms with Crippen LogP contribution in [-0.2, 0) is 4.79 Å². The van der Waals surface area contributed by atoms with Gasteiger partial charge >= 0.3 is 0 Å². The molecule has 6 nitrogen and oxygen atoms in total. The van der Waals surface area contributed by atoms with Crippen LogP contribution in [0.5, 0.6) is 5.75 Å². The lowest BCUT2D eigenvalue weighted by atomic mass is 9.95. The van der Waals surface area contributed by atoms with Crippen LogP contribution in [0.15, 0.2) is 48.5 Å². The van der Waals surface area contributed by atoms with E-state index in [-0.39, 0.29) is 17.7 Å². The molecule has 0 aromatic heterocycles. The highest BCUT2D eigenvalue weighted by atomic mass is 16.5. The summed E-state index contributed by atoms with van der Waals surface area (Å²) in [4.78, 5) is 26.9. The lowest BCUT2D eigenvalue weighted by molar-refractivity contribution is -0.121. The number of hydrogen-bond donors (Lipinski definition) is 1. The van der Waals surface area contributed by atoms with Crippen molar-refractivity contribution in [2.24, 2.45) is 5.92 Å². The van der Waals surface area contributed by atoms with Gasteiger partial charge in [0.15, 0.2) is 0 Å². The van der Waals surface area contributed by atoms with Crippen molar-refractivity contribution in [2.45, 2.75) is 12.8 Å². The number of nitrogens with one attached hydrogen (secondary N) is 1. The van der Waals surface area contributed by atoms with Gasteiger partial charge in [0.1, 0.15) is 11.8 Å². The number of benzene rings is 2. The van der Waals surface area contributed by atoms with Crippen LogP contribution in [0.4, 0.5) is 5.69 Å². The molecule has 0 unspecified atom stereocenters. The fourth-order valence-electron chi connectivity index (χ4n) is 3.21. The standard InChI is InChI=1S/C21H21N3O3/c1-27-18-7-4-6-16(13-18)21(26)24-11-9-15(10-12-24)20(25)23-19-8-3-2-5-17(19)14-22/h2-8,13,15H,9-12H2,1H3,(H,23,25). The summed E-state index contributed by atoms with van der Waals surface area (Å²) in [6.45, 7) is 1.04. The molecule has 0 spiro atoms. The van der Waals surface area contributed by atoms with Gasteiger partial charge in [-0.15, -0.1) is 0 Å². The highest BCUT2D eigenvalue weighted by molar-refractivity contribution is 5.96. The van der Waals surface area contributed by atoms with E-state index in [1.807, 2.05) is 0 Å². The monoisotopic (exact) mass is 363 g/mol. The largest absolute Gasteiger partial charge is 0.497 e. The number of amides is 2. The molecule has 0 atom stereocenters. The maximum atomic E-state index is 12.7. The van der Waals surface area contributed by atoms with Gasteiger partial charge in [0.05, 0.1) is 18.4 Å². The van der Waals surface area contributed by atoms with Gasteiger partial charge in [-0.05, 0) is 43.2 Å². The van der Waals surface area contributed by atoms with Crippen molar-refractivity contribution in [1.82, 2.24) is 4.90 Å². The van der Waals surface area contributed by atoms with Crippen molar-refractivity contribution in [3.63, 3.8) is 0 Å². The van der Waals surface area contributed by atoms with Gasteiger partial charge in [-0.3, -0.25) is 9.59 Å². The molecule has 1 saturated heterocycles. The average Bonchev–Trinajstić information content (AvgIpc) is 2.73. The summed E-state index contributed by atoms with van der Waals surface area (Å²) < 4.78 is 5.17. The Kier molecular flexibility index (Phi) is 5.72. The van der Waals surface area contributed by atoms with Crippen LogP contribution in [0.3, 0.4) is 0 Å². The molecule has 1 aliphatic rings. The quantitative estimate of drug-likeness (QED) is 0.905. The molecular formula is C21H21N3O3. The van der Waals surface area contributed by atoms with Crippen molar-refractivity contribution in [2.75, 3.05) is 25.5 Å². The Bertz CT molecular complexity index is 880. The number of hydrogen-bond acceptors (Lipinski definition) is 4. The van der Waals surface area contributed by atoms with E-state index in [9.17, 15) is 9.59 Å². The number of nitrogens with zero attached hydrogens (tertiary/aromatic N) is 2. The molecule has 1 N–H and O–H groups in total. The topological polar surface area (TPSA) is 82.4 Å². The number of para-hydroxylation sites is 1. The molecule has 0 aliphatic carbocycles. The lowest BCUT2D eigenvalue weighted by Gasteiger charge is -2.31. The number of likely N-dealkylation sites (tertiary alicyclic amines) is 1. The molecule has 6 heteroatoms. The second-order valence-electron chi connectivity index (χ2n) is 6.45. The van der Waals surface area contributed by atoms with Gasteiger partial charge in [0.2, 0.25) is 5.91 Å². The normalized spacial score (nSPS) is 14.3. The third-order valence-corrected chi connectivity index (χ3v) is 4.78. The summed E-state index contributed by atoms with van der Waals surface area (Å²) in [5.74, 6) is 0.311. The van der Waals surface area contributed by atoms with Crippen LogP contribution in [0, 0.1) is 17.2 Å². The van der Waals surface area contributed by atoms with Gasteiger partial charge in [-0.1, -0.05) is 18.2 Å². The lowest BCUT2D eigenvalue weighted by Crippen LogP contribution is -2.41. The molecule has 1 heterocycles. The van der Waals surface area contributed by atoms with Crippen LogP contribution in [0.1, 0.15) is 28.8 Å². The number of carbonyl (C=O) groups is 2. The van der Waals surface area contributed by atoms with Crippen molar-refractivity contribution in [3.8, 4) is 11.8 Å². The molecule has 3 rings (SSSR count). The summed E-state index contributed by atoms with van der Waals surface area (Å²) in [7, 11) is 1.57. The third-order valence-electron chi connectivity index (χ3n) is 4.78. The van der Waals surface area contributed by atoms with Crippen molar-refractivity contribution >= 4 is 17.5 Å². The zero-order chi connectivity index (χ0) is 19.2. The van der Waals surface area contributed by atoms with Crippen molar-refractivity contribution in [1.29, 1.82) is 5.26 Å². The van der Waals surface area contributed by atoms with Crippen LogP contribution in [0.25, 0.3) is 0 Å². The molecule has 138 valence electrons. The maximum absolute atomic E-state index is 12.7. The summed E-state index contributed by atoms with van der Waals surface area (Å²) >= 11 is 0. The van der Waals surface area contributed by atoms with Crippen LogP contribution < -0.4 is 10.1 Å². The van der Waals surface area contributed by atoms with E-state index in [1.54, 1.807) is 60.5 Å². The van der Waals surface area contributed by atoms with Crippen molar-refractivity contribution in [3.05, 3.63) is 59.7 Å². The zero-order valence-electron chi connectivity index (χ0n) is 15.1. The number of methoxy groups -OCH3 is 1. The predicted molar refractivity (Wildman–Crippen MR) is 101 cm³/mol. The fraction of sp³-hybridized carbons (Fsp3) is 0.286. The van der Waals surface area contributed by atoms with E-state index in [0.717, 1.165) is 0 Å². The van der Waals surface area contributed by atoms with Crippen LogP contribution in [-0.4, -0.2) is 36.9 Å². The van der Waals surface area contributed by atoms with Crippen LogP contribution >= 0.6 is 0 Å². The average molecular weight is 363 g/mol. The SMILES string of the molecule is COc1cccc(C(=O)N2CCC(C(=O)Nc3ccccc3C#N)CC2)c1. The summed E-state index contributed by atoms with van der Waals surface area (Å²) in [6, 6.07) is 16.1. The highest BCUT2D eigenvalue weighted by Crippen LogP contribution is 2.23. The van der Waals surface area contributed by atoms with E-state index in [4.69, 9.17) is 10.00 Å². The Balaban J connectivity index is 1.59. The number of carbonyl (C=O) groups excluding carboxylic acids is 2. The first-order valence-electron chi connectivity index (χ1n) is 8.85. The van der Waals surface area contributed by atoms with Gasteiger partial charge in [-0.2, -0.15) is 5.26 Å². The smallest absolute Gasteiger partial charge is 0.253 e. The van der Waals surface area contributed by atoms with Crippen molar-refractivity contribution < 1.29 is 14.3 Å². The third kappa shape index (κ3) is 4.26. The second kappa shape index (κ2) is 8.37. The van der Waals surface area contributed by atoms with Gasteiger partial charge in [0.25, 0.3) is 5.91 Å². The molecular weight excluding hydrogens is 342 g/mol. The molecule has 2 aromatic carbocycles. The molecule has 0 bridgehead atoms. The summed E-state index contributed by atoms with van der Waals surface area (Å²) in [6.07, 6.45) is 1.19. The van der Waals surface area contributed by atoms with Gasteiger partial charge in [0, 0.05) is 24.6 Å². The molecule has 0 radical (unpaired) electrons. The minimum atomic E-state index is -0.175. The molecule has 2 aromatic rings. The number of ether oxygens (including phenoxy) is 1. The highest BCUT2D eigenvalue weighted by Gasteiger charge is 2.28. The maximum Gasteiger partial charge on any atom is 0.253 e. The van der Waals surface area contributed by atoms with Gasteiger partial charge < -0.3 is 15.0 Å². The number of anilines is 1.